The Labute approximate surface area is 520 Å². The van der Waals surface area contributed by atoms with Crippen molar-refractivity contribution in [2.45, 2.75) is 187 Å². The number of aliphatic hydroxyl groups is 2. The number of hydrogen-bond donors (Lipinski definition) is 17. The number of aliphatic carboxylic acids is 4. The van der Waals surface area contributed by atoms with Crippen molar-refractivity contribution in [1.82, 2.24) is 58.1 Å². The lowest BCUT2D eigenvalue weighted by molar-refractivity contribution is -0.155. The van der Waals surface area contributed by atoms with E-state index in [2.05, 4.69) is 44.1 Å². The van der Waals surface area contributed by atoms with Crippen LogP contribution in [0, 0.1) is 35.5 Å². The summed E-state index contributed by atoms with van der Waals surface area (Å²) in [5, 5.41) is 83.3. The van der Waals surface area contributed by atoms with Gasteiger partial charge in [0.15, 0.2) is 12.2 Å². The predicted molar refractivity (Wildman–Crippen MR) is 316 cm³/mol. The molecule has 18 N–H and O–H groups in total. The van der Waals surface area contributed by atoms with E-state index in [-0.39, 0.29) is 38.8 Å². The van der Waals surface area contributed by atoms with Crippen molar-refractivity contribution in [3.8, 4) is 0 Å². The van der Waals surface area contributed by atoms with Crippen molar-refractivity contribution in [3.05, 3.63) is 24.3 Å². The van der Waals surface area contributed by atoms with Crippen molar-refractivity contribution in [2.75, 3.05) is 19.6 Å². The van der Waals surface area contributed by atoms with Gasteiger partial charge >= 0.3 is 23.9 Å². The molecule has 0 aromatic rings. The Bertz CT molecular complexity index is 2690. The third-order valence-corrected chi connectivity index (χ3v) is 15.3. The van der Waals surface area contributed by atoms with Gasteiger partial charge in [-0.15, -0.1) is 0 Å². The number of fused-ring (bicyclic) bond motifs is 1. The molecule has 6 unspecified atom stereocenters. The molecular weight excluding hydrogens is 1190 g/mol. The van der Waals surface area contributed by atoms with E-state index in [0.29, 0.717) is 12.3 Å². The van der Waals surface area contributed by atoms with E-state index < -0.39 is 198 Å². The molecule has 0 saturated carbocycles. The lowest BCUT2D eigenvalue weighted by Crippen LogP contribution is -2.66. The fraction of sp³-hybridized carbons (Fsp3) is 0.667. The number of rotatable bonds is 23. The zero-order valence-electron chi connectivity index (χ0n) is 52.1. The molecule has 504 valence electrons. The van der Waals surface area contributed by atoms with Crippen LogP contribution in [0.2, 0.25) is 0 Å². The molecular formula is C57H90N12O21. The molecule has 2 saturated heterocycles. The quantitative estimate of drug-likeness (QED) is 0.0260. The number of nitrogens with two attached hydrogens (primary N) is 1. The summed E-state index contributed by atoms with van der Waals surface area (Å²) in [6.45, 7) is 13.6. The van der Waals surface area contributed by atoms with Crippen molar-refractivity contribution in [1.29, 1.82) is 0 Å². The molecule has 2 fully saturated rings. The molecule has 0 spiro atoms. The third kappa shape index (κ3) is 23.4. The molecule has 2 rings (SSSR count). The fourth-order valence-electron chi connectivity index (χ4n) is 9.42. The molecule has 16 atom stereocenters. The third-order valence-electron chi connectivity index (χ3n) is 15.3. The SMILES string of the molecule is CCC(C)CC/C=C\C=C\C(=O)N[C@H](C(=O)N[C@@H]1C(=O)N[C@H](C(C)C)C(=O)N[C@@H](CCCCN)C(=O)N[C@@H](C(O)C(=O)O)C(=O)N[C@@H](C(O)C(=O)O)C(=O)NCC(=O)N[C@H](C(C)C(=O)O)C(=O)N[C@@H](C(C)C)C(=O)N2C[C@H](C)C[C@H]2C(=O)NC1C)C(C)C(=O)O. The minimum atomic E-state index is -2.93. The molecule has 0 aromatic heterocycles. The number of unbranched alkanes of at least 4 members (excludes halogenated alkanes) is 1. The van der Waals surface area contributed by atoms with Gasteiger partial charge in [-0.1, -0.05) is 73.1 Å². The van der Waals surface area contributed by atoms with E-state index in [1.54, 1.807) is 24.4 Å². The Hall–Kier alpha value is -8.59. The van der Waals surface area contributed by atoms with Gasteiger partial charge in [0, 0.05) is 12.6 Å². The molecule has 90 heavy (non-hydrogen) atoms. The van der Waals surface area contributed by atoms with Crippen LogP contribution in [0.4, 0.5) is 0 Å². The Morgan fingerprint density at radius 3 is 1.72 bits per heavy atom. The summed E-state index contributed by atoms with van der Waals surface area (Å²) < 4.78 is 0. The second-order valence-corrected chi connectivity index (χ2v) is 23.4. The summed E-state index contributed by atoms with van der Waals surface area (Å²) in [5.41, 5.74) is 5.68. The lowest BCUT2D eigenvalue weighted by Gasteiger charge is -2.34. The maximum Gasteiger partial charge on any atom is 0.335 e. The van der Waals surface area contributed by atoms with Gasteiger partial charge in [-0.05, 0) is 89.5 Å². The van der Waals surface area contributed by atoms with E-state index in [4.69, 9.17) is 5.73 Å². The lowest BCUT2D eigenvalue weighted by atomic mass is 9.97. The minimum absolute atomic E-state index is 0.0246. The molecule has 2 aliphatic rings. The van der Waals surface area contributed by atoms with Crippen LogP contribution >= 0.6 is 0 Å². The average molecular weight is 1280 g/mol. The maximum absolute atomic E-state index is 14.9. The number of carboxylic acid groups (broad SMARTS) is 4. The normalized spacial score (nSPS) is 26.3. The Balaban J connectivity index is 2.99. The molecule has 2 heterocycles. The number of carboxylic acids is 4. The van der Waals surface area contributed by atoms with E-state index in [1.807, 2.05) is 17.6 Å². The Morgan fingerprint density at radius 2 is 1.18 bits per heavy atom. The van der Waals surface area contributed by atoms with Gasteiger partial charge in [0.1, 0.15) is 54.4 Å². The largest absolute Gasteiger partial charge is 0.481 e. The van der Waals surface area contributed by atoms with E-state index in [1.165, 1.54) is 40.7 Å². The number of nitrogens with zero attached hydrogens (tertiary/aromatic N) is 1. The minimum Gasteiger partial charge on any atom is -0.481 e. The van der Waals surface area contributed by atoms with Crippen LogP contribution in [0.15, 0.2) is 24.3 Å². The highest BCUT2D eigenvalue weighted by atomic mass is 16.4. The number of aliphatic hydroxyl groups excluding tert-OH is 2. The number of nitrogens with one attached hydrogen (secondary N) is 10. The van der Waals surface area contributed by atoms with Gasteiger partial charge in [0.05, 0.1) is 24.4 Å². The summed E-state index contributed by atoms with van der Waals surface area (Å²) in [5.74, 6) is -27.0. The molecule has 2 aliphatic heterocycles. The molecule has 33 nitrogen and oxygen atoms in total. The summed E-state index contributed by atoms with van der Waals surface area (Å²) in [6.07, 6.45) is 2.23. The van der Waals surface area contributed by atoms with Crippen LogP contribution in [0.3, 0.4) is 0 Å². The first-order valence-corrected chi connectivity index (χ1v) is 29.6. The topological polar surface area (TPSA) is 527 Å². The molecule has 11 amide bonds. The van der Waals surface area contributed by atoms with Gasteiger partial charge in [-0.25, -0.2) is 9.59 Å². The van der Waals surface area contributed by atoms with Crippen molar-refractivity contribution in [2.24, 2.45) is 41.2 Å². The van der Waals surface area contributed by atoms with Gasteiger partial charge < -0.3 is 94.4 Å². The summed E-state index contributed by atoms with van der Waals surface area (Å²) in [6, 6.07) is -19.4. The van der Waals surface area contributed by atoms with Crippen molar-refractivity contribution in [3.63, 3.8) is 0 Å². The van der Waals surface area contributed by atoms with Gasteiger partial charge in [0.2, 0.25) is 65.0 Å². The molecule has 33 heteroatoms. The number of carbonyl (C=O) groups is 15. The first-order chi connectivity index (χ1) is 42.0. The molecule has 0 radical (unpaired) electrons. The summed E-state index contributed by atoms with van der Waals surface area (Å²) in [4.78, 5) is 206. The fourth-order valence-corrected chi connectivity index (χ4v) is 9.42. The molecule has 0 bridgehead atoms. The van der Waals surface area contributed by atoms with Crippen LogP contribution in [0.1, 0.15) is 114 Å². The molecule has 0 aliphatic carbocycles. The Kier molecular flexibility index (Phi) is 31.7. The molecule has 0 aromatic carbocycles. The second kappa shape index (κ2) is 36.8. The zero-order valence-corrected chi connectivity index (χ0v) is 52.1. The van der Waals surface area contributed by atoms with Crippen LogP contribution in [0.25, 0.3) is 0 Å². The van der Waals surface area contributed by atoms with E-state index in [9.17, 15) is 103 Å². The zero-order chi connectivity index (χ0) is 68.6. The highest BCUT2D eigenvalue weighted by molar-refractivity contribution is 6.02. The predicted octanol–water partition coefficient (Wildman–Crippen LogP) is -4.55. The average Bonchev–Trinajstić information content (AvgIpc) is 1.63. The highest BCUT2D eigenvalue weighted by Crippen LogP contribution is 2.26. The smallest absolute Gasteiger partial charge is 0.335 e. The van der Waals surface area contributed by atoms with Crippen LogP contribution in [0.5, 0.6) is 0 Å². The number of hydrogen-bond acceptors (Lipinski definition) is 18. The maximum atomic E-state index is 14.9. The number of allylic oxidation sites excluding steroid dienone is 3. The second-order valence-electron chi connectivity index (χ2n) is 23.4. The van der Waals surface area contributed by atoms with Gasteiger partial charge in [-0.2, -0.15) is 0 Å². The first-order valence-electron chi connectivity index (χ1n) is 29.6. The van der Waals surface area contributed by atoms with Gasteiger partial charge in [-0.3, -0.25) is 62.3 Å². The van der Waals surface area contributed by atoms with Crippen molar-refractivity contribution < 1.29 is 103 Å². The van der Waals surface area contributed by atoms with E-state index in [0.717, 1.165) is 37.7 Å². The highest BCUT2D eigenvalue weighted by Gasteiger charge is 2.46. The Morgan fingerprint density at radius 1 is 0.633 bits per heavy atom. The first kappa shape index (κ1) is 77.5. The summed E-state index contributed by atoms with van der Waals surface area (Å²) >= 11 is 0. The van der Waals surface area contributed by atoms with Crippen LogP contribution in [-0.2, 0) is 71.9 Å². The van der Waals surface area contributed by atoms with Crippen LogP contribution in [-0.4, -0.2) is 217 Å². The van der Waals surface area contributed by atoms with Crippen molar-refractivity contribution >= 4 is 88.9 Å². The van der Waals surface area contributed by atoms with Crippen LogP contribution < -0.4 is 58.9 Å². The van der Waals surface area contributed by atoms with E-state index >= 15 is 0 Å². The summed E-state index contributed by atoms with van der Waals surface area (Å²) in [7, 11) is 0. The number of carbonyl (C=O) groups excluding carboxylic acids is 11. The number of amides is 11. The monoisotopic (exact) mass is 1280 g/mol. The standard InChI is InChI=1S/C57H90N12O21/c1-11-27(6)18-14-12-13-15-20-34(70)62-38(29(8)54(83)84)50(79)66-40-31(10)60-46(75)33-22-28(7)24-69(33)53(82)37(26(4)5)65-49(78)39(30(9)55(85)86)63-35(71)23-59-47(76)41(43(72)56(87)88)68-52(81)42(44(73)57(89)90)67-45(74)32(19-16-17-21-58)61-48(77)36(25(2)3)64-51(40)80/h12-13,15,20,25-33,36-44,72-73H,11,14,16-19,21-24,58H2,1-10H3,(H,59,76)(H,60,75)(H,61,77)(H,62,70)(H,63,71)(H,64,80)(H,65,78)(H,66,79)(H,67,74)(H,68,81)(H,83,84)(H,85,86)(H,87,88)(H,89,90)/b13-12-,20-15+/t27?,28-,29?,30?,31?,32+,33+,36-,37+,38+,39-,40+,41+,42+,43?,44?/m1/s1. The van der Waals surface area contributed by atoms with Gasteiger partial charge in [0.25, 0.3) is 0 Å².